The summed E-state index contributed by atoms with van der Waals surface area (Å²) in [5.41, 5.74) is 26.7. The molecule has 0 radical (unpaired) electrons. The molecule has 2 N–H and O–H groups in total. The second-order valence-corrected chi connectivity index (χ2v) is 40.8. The van der Waals surface area contributed by atoms with Gasteiger partial charge in [0.25, 0.3) is 27.8 Å². The van der Waals surface area contributed by atoms with Crippen molar-refractivity contribution in [1.82, 2.24) is 111 Å². The van der Waals surface area contributed by atoms with E-state index in [0.29, 0.717) is 97.7 Å². The number of likely N-dealkylation sites (N-methyl/N-ethyl adjacent to an activating group) is 2. The SMILES string of the molecule is CCN1CC=C(c2ccc3nc(-c4ccc5nc(C)sc5c4)cc(=O)n3c2)CC1.COc1ccc(-c2cc(=O)n3cc(C4=CCNCC4)ccc3n2)cc1OC.Cc1cn2nc(-c3cc(=O)n4cc(N5CCN(C)[C@H](C)C5)ccc4n3)cc2c(C)n1.Cc1cn2nc(-c3cc(=O)n4cc(N5C[C@@H]6C[C@H]5CN6)ccc4n3)cc2c(C)n1.Cc1nc2ccc(-c3cc(=O)n4cc(C5=CCN(C6CC6)CC5)ccc4n3)cc2s1. The fourth-order valence-corrected chi connectivity index (χ4v) is 22.1. The average molecular weight is 1970 g/mol. The first-order valence-corrected chi connectivity index (χ1v) is 51.0. The maximum absolute atomic E-state index is 12.9. The summed E-state index contributed by atoms with van der Waals surface area (Å²) in [7, 11) is 5.32. The van der Waals surface area contributed by atoms with Crippen LogP contribution in [0.15, 0.2) is 243 Å². The highest BCUT2D eigenvalue weighted by atomic mass is 32.1. The molecule has 26 rings (SSSR count). The molecular formula is C111H111N25O7S2. The molecule has 3 saturated heterocycles. The minimum atomic E-state index is -0.110. The molecule has 19 aromatic rings. The summed E-state index contributed by atoms with van der Waals surface area (Å²) in [6, 6.07) is 51.7. The molecule has 6 aliphatic heterocycles. The van der Waals surface area contributed by atoms with Gasteiger partial charge in [0.1, 0.15) is 39.6 Å². The van der Waals surface area contributed by atoms with E-state index in [-0.39, 0.29) is 27.8 Å². The molecule has 0 spiro atoms. The van der Waals surface area contributed by atoms with E-state index in [1.807, 2.05) is 182 Å². The Kier molecular flexibility index (Phi) is 26.0. The van der Waals surface area contributed by atoms with Gasteiger partial charge in [0, 0.05) is 168 Å². The highest BCUT2D eigenvalue weighted by Gasteiger charge is 2.38. The summed E-state index contributed by atoms with van der Waals surface area (Å²) < 4.78 is 24.6. The molecule has 1 saturated carbocycles. The van der Waals surface area contributed by atoms with Gasteiger partial charge in [-0.25, -0.2) is 43.9 Å². The Bertz CT molecular complexity index is 8780. The third-order valence-electron chi connectivity index (χ3n) is 28.5. The van der Waals surface area contributed by atoms with Crippen LogP contribution in [-0.2, 0) is 0 Å². The first-order chi connectivity index (χ1) is 70.4. The minimum Gasteiger partial charge on any atom is -0.493 e. The number of benzene rings is 3. The van der Waals surface area contributed by atoms with E-state index in [2.05, 4.69) is 140 Å². The molecule has 0 amide bonds. The van der Waals surface area contributed by atoms with Gasteiger partial charge < -0.3 is 34.8 Å². The molecule has 34 heteroatoms. The number of piperazine rings is 2. The van der Waals surface area contributed by atoms with Crippen LogP contribution < -0.4 is 57.7 Å². The van der Waals surface area contributed by atoms with E-state index in [9.17, 15) is 24.0 Å². The van der Waals surface area contributed by atoms with Gasteiger partial charge in [-0.15, -0.1) is 22.7 Å². The largest absolute Gasteiger partial charge is 0.493 e. The van der Waals surface area contributed by atoms with E-state index < -0.39 is 0 Å². The number of ether oxygens (including phenoxy) is 2. The highest BCUT2D eigenvalue weighted by molar-refractivity contribution is 7.18. The monoisotopic (exact) mass is 1970 g/mol. The lowest BCUT2D eigenvalue weighted by Gasteiger charge is -2.39. The van der Waals surface area contributed by atoms with Crippen LogP contribution in [-0.4, -0.2) is 225 Å². The molecule has 3 atom stereocenters. The lowest BCUT2D eigenvalue weighted by atomic mass is 10.0. The zero-order chi connectivity index (χ0) is 99.7. The predicted octanol–water partition coefficient (Wildman–Crippen LogP) is 15.4. The molecule has 734 valence electrons. The van der Waals surface area contributed by atoms with Gasteiger partial charge in [0.05, 0.1) is 131 Å². The van der Waals surface area contributed by atoms with Crippen molar-refractivity contribution in [3.05, 3.63) is 321 Å². The third-order valence-corrected chi connectivity index (χ3v) is 30.4. The Labute approximate surface area is 842 Å². The number of hydrogen-bond acceptors (Lipinski definition) is 27. The van der Waals surface area contributed by atoms with Crippen molar-refractivity contribution < 1.29 is 9.47 Å². The third kappa shape index (κ3) is 19.7. The van der Waals surface area contributed by atoms with Gasteiger partial charge in [0.2, 0.25) is 0 Å². The first kappa shape index (κ1) is 94.6. The van der Waals surface area contributed by atoms with Crippen LogP contribution in [0.5, 0.6) is 11.5 Å². The van der Waals surface area contributed by atoms with Crippen molar-refractivity contribution in [3.63, 3.8) is 0 Å². The van der Waals surface area contributed by atoms with E-state index in [0.717, 1.165) is 213 Å². The number of nitrogens with one attached hydrogen (secondary N) is 2. The summed E-state index contributed by atoms with van der Waals surface area (Å²) in [5.74, 6) is 1.24. The maximum atomic E-state index is 12.9. The molecule has 2 bridgehead atoms. The number of aryl methyl sites for hydroxylation is 6. The van der Waals surface area contributed by atoms with Crippen LogP contribution in [0.2, 0.25) is 0 Å². The molecule has 3 aromatic carbocycles. The maximum Gasteiger partial charge on any atom is 0.258 e. The molecule has 0 unspecified atom stereocenters. The van der Waals surface area contributed by atoms with Crippen molar-refractivity contribution >= 4 is 110 Å². The normalized spacial score (nSPS) is 17.2. The Balaban J connectivity index is 0.000000103. The van der Waals surface area contributed by atoms with Crippen molar-refractivity contribution in [2.24, 2.45) is 0 Å². The number of aromatic nitrogens is 18. The molecule has 1 aliphatic carbocycles. The number of nitrogens with zero attached hydrogens (tertiary/aromatic N) is 23. The smallest absolute Gasteiger partial charge is 0.258 e. The number of rotatable bonds is 14. The Morgan fingerprint density at radius 2 is 0.883 bits per heavy atom. The zero-order valence-electron chi connectivity index (χ0n) is 82.8. The van der Waals surface area contributed by atoms with Crippen molar-refractivity contribution in [2.45, 2.75) is 118 Å². The quantitative estimate of drug-likeness (QED) is 0.102. The van der Waals surface area contributed by atoms with Crippen LogP contribution in [0, 0.1) is 41.5 Å². The molecule has 4 fully saturated rings. The van der Waals surface area contributed by atoms with Crippen molar-refractivity contribution in [2.75, 3.05) is 110 Å². The number of fused-ring (bicyclic) bond motifs is 11. The standard InChI is InChI=1S/C24H22N4OS.C23H22N4OS.C22H25N7O.C21H21N7O.C21H21N3O3/c1-15-25-20-6-2-17(12-22(20)30-15)21-13-24(29)28-14-18(3-7-23(28)26-21)16-8-10-27(11-9-16)19-4-5-19;1-3-26-10-8-16(9-11-26)18-5-7-22-25-20(13-23(28)27(22)14-18)17-4-6-19-21(12-17)29-15(2)24-19;1-14-11-29-20(16(3)23-14)9-19(25-29)18-10-22(30)28-13-17(5-6-21(28)24-18)27-8-7-26(4)15(2)12-27;1-12-9-28-19(13(2)23-12)6-18(25-28)17-7-21(29)27-11-15(3-4-20(27)24-17)26-10-14-5-16(26)8-22-14;1-26-18-5-3-15(11-19(18)27-2)17-12-21(25)24-13-16(4-6-20(24)23-17)14-7-9-22-10-8-14/h2-3,6-8,12-14,19H,4-5,9-11H2,1H3;4-8,12-14H,3,9-11H2,1-2H3;5-6,9-11,13,15H,7-8,12H2,1-4H3;3-4,6-7,9,11,14,16,22H,5,8,10H2,1-2H3;3-7,11-13,22H,8-10H2,1-2H3/t;;15-;14-,16-;/m..10./s1. The fourth-order valence-electron chi connectivity index (χ4n) is 20.4. The van der Waals surface area contributed by atoms with Crippen molar-refractivity contribution in [1.29, 1.82) is 0 Å². The van der Waals surface area contributed by atoms with Gasteiger partial charge >= 0.3 is 0 Å². The van der Waals surface area contributed by atoms with Crippen LogP contribution in [0.25, 0.3) is 133 Å². The molecule has 22 heterocycles. The zero-order valence-corrected chi connectivity index (χ0v) is 84.4. The van der Waals surface area contributed by atoms with Crippen LogP contribution >= 0.6 is 22.7 Å². The molecular weight excluding hydrogens is 1860 g/mol. The summed E-state index contributed by atoms with van der Waals surface area (Å²) in [4.78, 5) is 118. The Morgan fingerprint density at radius 1 is 0.421 bits per heavy atom. The Morgan fingerprint density at radius 3 is 1.34 bits per heavy atom. The highest BCUT2D eigenvalue weighted by Crippen LogP contribution is 2.38. The summed E-state index contributed by atoms with van der Waals surface area (Å²) >= 11 is 3.32. The lowest BCUT2D eigenvalue weighted by molar-refractivity contribution is 0.234. The van der Waals surface area contributed by atoms with Gasteiger partial charge in [-0.3, -0.25) is 65.7 Å². The predicted molar refractivity (Wildman–Crippen MR) is 575 cm³/mol. The number of methoxy groups -OCH3 is 2. The minimum absolute atomic E-state index is 0.0477. The van der Waals surface area contributed by atoms with E-state index >= 15 is 0 Å². The number of pyridine rings is 5. The lowest BCUT2D eigenvalue weighted by Crippen LogP contribution is -2.50. The second kappa shape index (κ2) is 39.8. The summed E-state index contributed by atoms with van der Waals surface area (Å²) in [6.45, 7) is 28.1. The number of hydrogen-bond donors (Lipinski definition) is 2. The van der Waals surface area contributed by atoms with Crippen LogP contribution in [0.1, 0.15) is 102 Å². The number of anilines is 2. The van der Waals surface area contributed by atoms with Gasteiger partial charge in [-0.2, -0.15) is 10.2 Å². The van der Waals surface area contributed by atoms with E-state index in [1.54, 1.807) is 98.3 Å². The number of thiazole rings is 2. The topological polar surface area (TPSA) is 317 Å². The van der Waals surface area contributed by atoms with Crippen molar-refractivity contribution in [3.8, 4) is 68.0 Å². The van der Waals surface area contributed by atoms with Crippen LogP contribution in [0.3, 0.4) is 0 Å². The molecule has 145 heavy (non-hydrogen) atoms. The first-order valence-electron chi connectivity index (χ1n) is 49.4. The molecule has 16 aromatic heterocycles. The average Bonchev–Trinajstić information content (AvgIpc) is 1.66. The van der Waals surface area contributed by atoms with E-state index in [4.69, 9.17) is 29.4 Å². The Hall–Kier alpha value is -15.3. The molecule has 32 nitrogen and oxygen atoms in total. The van der Waals surface area contributed by atoms with Gasteiger partial charge in [-0.1, -0.05) is 37.3 Å². The van der Waals surface area contributed by atoms with E-state index in [1.165, 1.54) is 36.0 Å². The molecule has 7 aliphatic rings. The van der Waals surface area contributed by atoms with Crippen LogP contribution in [0.4, 0.5) is 11.4 Å². The summed E-state index contributed by atoms with van der Waals surface area (Å²) in [5, 5.41) is 18.1. The fraction of sp³-hybridized carbons (Fsp3) is 0.297. The van der Waals surface area contributed by atoms with Gasteiger partial charge in [-0.05, 0) is 256 Å². The second-order valence-electron chi connectivity index (χ2n) is 38.3. The summed E-state index contributed by atoms with van der Waals surface area (Å²) in [6.07, 6.45) is 26.9. The van der Waals surface area contributed by atoms with Gasteiger partial charge in [0.15, 0.2) is 11.5 Å².